The molecule has 5 heteroatoms. The Labute approximate surface area is 112 Å². The van der Waals surface area contributed by atoms with Gasteiger partial charge < -0.3 is 9.84 Å². The average molecular weight is 308 g/mol. The van der Waals surface area contributed by atoms with E-state index in [2.05, 4.69) is 20.9 Å². The van der Waals surface area contributed by atoms with E-state index in [9.17, 15) is 4.79 Å². The van der Waals surface area contributed by atoms with E-state index in [0.29, 0.717) is 5.75 Å². The van der Waals surface area contributed by atoms with Crippen molar-refractivity contribution in [1.82, 2.24) is 4.98 Å². The van der Waals surface area contributed by atoms with Crippen LogP contribution >= 0.6 is 15.9 Å². The van der Waals surface area contributed by atoms with E-state index in [1.807, 2.05) is 18.2 Å². The largest absolute Gasteiger partial charge is 0.487 e. The van der Waals surface area contributed by atoms with E-state index in [0.717, 1.165) is 21.5 Å². The van der Waals surface area contributed by atoms with Gasteiger partial charge in [0.2, 0.25) is 0 Å². The number of hydrogen-bond donors (Lipinski definition) is 1. The molecule has 0 aliphatic heterocycles. The summed E-state index contributed by atoms with van der Waals surface area (Å²) in [6.07, 6.45) is 4.18. The van der Waals surface area contributed by atoms with E-state index in [4.69, 9.17) is 9.84 Å². The predicted molar refractivity (Wildman–Crippen MR) is 71.7 cm³/mol. The third-order valence-electron chi connectivity index (χ3n) is 2.27. The first-order valence-electron chi connectivity index (χ1n) is 5.24. The summed E-state index contributed by atoms with van der Waals surface area (Å²) in [7, 11) is 0. The quantitative estimate of drug-likeness (QED) is 0.882. The summed E-state index contributed by atoms with van der Waals surface area (Å²) in [5.74, 6) is -0.360. The third kappa shape index (κ3) is 2.87. The van der Waals surface area contributed by atoms with Gasteiger partial charge in [0.15, 0.2) is 0 Å². The first kappa shape index (κ1) is 12.6. The first-order valence-corrected chi connectivity index (χ1v) is 6.03. The van der Waals surface area contributed by atoms with Crippen molar-refractivity contribution in [2.45, 2.75) is 0 Å². The van der Waals surface area contributed by atoms with Crippen LogP contribution in [0.2, 0.25) is 0 Å². The number of aromatic nitrogens is 1. The molecule has 1 aromatic heterocycles. The van der Waals surface area contributed by atoms with Crippen molar-refractivity contribution in [1.29, 1.82) is 0 Å². The lowest BCUT2D eigenvalue weighted by atomic mass is 10.2. The molecule has 0 radical (unpaired) electrons. The zero-order valence-electron chi connectivity index (χ0n) is 9.34. The summed E-state index contributed by atoms with van der Waals surface area (Å²) in [6, 6.07) is 7.46. The van der Waals surface area contributed by atoms with Crippen LogP contribution in [0.15, 0.2) is 47.1 Å². The Kier molecular flexibility index (Phi) is 3.94. The van der Waals surface area contributed by atoms with Gasteiger partial charge in [0.1, 0.15) is 17.9 Å². The summed E-state index contributed by atoms with van der Waals surface area (Å²) >= 11 is 3.44. The SMILES string of the molecule is O=C(O)C=CCOc1ccc(Br)c2cccnc12. The van der Waals surface area contributed by atoms with Crippen LogP contribution in [0.5, 0.6) is 5.75 Å². The Morgan fingerprint density at radius 1 is 1.44 bits per heavy atom. The highest BCUT2D eigenvalue weighted by Crippen LogP contribution is 2.29. The highest BCUT2D eigenvalue weighted by Gasteiger charge is 2.05. The van der Waals surface area contributed by atoms with Crippen LogP contribution in [0.1, 0.15) is 0 Å². The molecule has 0 bridgehead atoms. The number of halogens is 1. The minimum absolute atomic E-state index is 0.194. The molecule has 1 aromatic carbocycles. The molecular weight excluding hydrogens is 298 g/mol. The van der Waals surface area contributed by atoms with Crippen LogP contribution in [-0.2, 0) is 4.79 Å². The van der Waals surface area contributed by atoms with Crippen molar-refractivity contribution < 1.29 is 14.6 Å². The van der Waals surface area contributed by atoms with Gasteiger partial charge in [0.25, 0.3) is 0 Å². The minimum Gasteiger partial charge on any atom is -0.487 e. The van der Waals surface area contributed by atoms with Gasteiger partial charge >= 0.3 is 5.97 Å². The molecule has 0 aliphatic carbocycles. The number of fused-ring (bicyclic) bond motifs is 1. The summed E-state index contributed by atoms with van der Waals surface area (Å²) in [5.41, 5.74) is 0.746. The second-order valence-electron chi connectivity index (χ2n) is 3.50. The highest BCUT2D eigenvalue weighted by molar-refractivity contribution is 9.10. The number of ether oxygens (including phenoxy) is 1. The second kappa shape index (κ2) is 5.64. The fourth-order valence-electron chi connectivity index (χ4n) is 1.52. The molecule has 0 saturated heterocycles. The van der Waals surface area contributed by atoms with Crippen LogP contribution in [0.25, 0.3) is 10.9 Å². The topological polar surface area (TPSA) is 59.4 Å². The summed E-state index contributed by atoms with van der Waals surface area (Å²) in [5, 5.41) is 9.41. The number of hydrogen-bond acceptors (Lipinski definition) is 3. The van der Waals surface area contributed by atoms with Gasteiger partial charge in [-0.1, -0.05) is 22.0 Å². The molecule has 4 nitrogen and oxygen atoms in total. The molecule has 1 N–H and O–H groups in total. The standard InChI is InChI=1S/C13H10BrNO3/c14-10-5-6-11(18-8-2-4-12(16)17)13-9(10)3-1-7-15-13/h1-7H,8H2,(H,16,17). The number of carboxylic acid groups (broad SMARTS) is 1. The molecule has 18 heavy (non-hydrogen) atoms. The smallest absolute Gasteiger partial charge is 0.328 e. The van der Waals surface area contributed by atoms with Gasteiger partial charge in [-0.05, 0) is 24.3 Å². The monoisotopic (exact) mass is 307 g/mol. The molecular formula is C13H10BrNO3. The number of nitrogens with zero attached hydrogens (tertiary/aromatic N) is 1. The Balaban J connectivity index is 2.24. The van der Waals surface area contributed by atoms with Gasteiger partial charge in [-0.25, -0.2) is 4.79 Å². The molecule has 0 unspecified atom stereocenters. The van der Waals surface area contributed by atoms with E-state index in [-0.39, 0.29) is 6.61 Å². The molecule has 1 heterocycles. The molecule has 0 atom stereocenters. The van der Waals surface area contributed by atoms with Crippen molar-refractivity contribution in [3.63, 3.8) is 0 Å². The molecule has 92 valence electrons. The van der Waals surface area contributed by atoms with Crippen LogP contribution in [-0.4, -0.2) is 22.7 Å². The molecule has 2 rings (SSSR count). The zero-order valence-corrected chi connectivity index (χ0v) is 10.9. The van der Waals surface area contributed by atoms with E-state index < -0.39 is 5.97 Å². The number of rotatable bonds is 4. The third-order valence-corrected chi connectivity index (χ3v) is 2.97. The van der Waals surface area contributed by atoms with Gasteiger partial charge in [-0.15, -0.1) is 0 Å². The van der Waals surface area contributed by atoms with Gasteiger partial charge in [-0.3, -0.25) is 4.98 Å². The maximum absolute atomic E-state index is 10.3. The first-order chi connectivity index (χ1) is 8.68. The van der Waals surface area contributed by atoms with Gasteiger partial charge in [0, 0.05) is 22.1 Å². The Hall–Kier alpha value is -1.88. The van der Waals surface area contributed by atoms with E-state index in [1.165, 1.54) is 6.08 Å². The fourth-order valence-corrected chi connectivity index (χ4v) is 1.97. The van der Waals surface area contributed by atoms with Crippen LogP contribution < -0.4 is 4.74 Å². The van der Waals surface area contributed by atoms with Gasteiger partial charge in [0.05, 0.1) is 0 Å². The lowest BCUT2D eigenvalue weighted by Crippen LogP contribution is -1.97. The summed E-state index contributed by atoms with van der Waals surface area (Å²) in [4.78, 5) is 14.6. The van der Waals surface area contributed by atoms with Crippen LogP contribution in [0.4, 0.5) is 0 Å². The van der Waals surface area contributed by atoms with Crippen LogP contribution in [0, 0.1) is 0 Å². The number of pyridine rings is 1. The Morgan fingerprint density at radius 2 is 2.28 bits per heavy atom. The molecule has 2 aromatic rings. The van der Waals surface area contributed by atoms with E-state index >= 15 is 0 Å². The Bertz CT molecular complexity index is 610. The fraction of sp³-hybridized carbons (Fsp3) is 0.0769. The Morgan fingerprint density at radius 3 is 3.06 bits per heavy atom. The maximum Gasteiger partial charge on any atom is 0.328 e. The minimum atomic E-state index is -0.989. The molecule has 0 amide bonds. The maximum atomic E-state index is 10.3. The molecule has 0 spiro atoms. The van der Waals surface area contributed by atoms with E-state index in [1.54, 1.807) is 12.3 Å². The molecule has 0 saturated carbocycles. The summed E-state index contributed by atoms with van der Waals surface area (Å²) in [6.45, 7) is 0.194. The molecule has 0 fully saturated rings. The number of aliphatic carboxylic acids is 1. The second-order valence-corrected chi connectivity index (χ2v) is 4.35. The number of carboxylic acids is 1. The average Bonchev–Trinajstić information content (AvgIpc) is 2.37. The summed E-state index contributed by atoms with van der Waals surface area (Å²) < 4.78 is 6.43. The number of carbonyl (C=O) groups is 1. The van der Waals surface area contributed by atoms with Crippen molar-refractivity contribution in [2.24, 2.45) is 0 Å². The van der Waals surface area contributed by atoms with Crippen LogP contribution in [0.3, 0.4) is 0 Å². The lowest BCUT2D eigenvalue weighted by Gasteiger charge is -2.07. The normalized spacial score (nSPS) is 10.9. The van der Waals surface area contributed by atoms with Crippen molar-refractivity contribution >= 4 is 32.8 Å². The predicted octanol–water partition coefficient (Wildman–Crippen LogP) is 3.02. The van der Waals surface area contributed by atoms with Gasteiger partial charge in [-0.2, -0.15) is 0 Å². The van der Waals surface area contributed by atoms with Crippen molar-refractivity contribution in [2.75, 3.05) is 6.61 Å². The van der Waals surface area contributed by atoms with Crippen molar-refractivity contribution in [3.8, 4) is 5.75 Å². The van der Waals surface area contributed by atoms with Crippen molar-refractivity contribution in [3.05, 3.63) is 47.1 Å². The molecule has 0 aliphatic rings. The zero-order chi connectivity index (χ0) is 13.0. The highest BCUT2D eigenvalue weighted by atomic mass is 79.9. The lowest BCUT2D eigenvalue weighted by molar-refractivity contribution is -0.131. The number of benzene rings is 1.